The molecule has 2 nitrogen and oxygen atoms in total. The largest absolute Gasteiger partial charge is 0.329 e. The average Bonchev–Trinajstić information content (AvgIpc) is 2.46. The van der Waals surface area contributed by atoms with Crippen molar-refractivity contribution in [3.63, 3.8) is 0 Å². The van der Waals surface area contributed by atoms with Crippen LogP contribution in [0.15, 0.2) is 53.0 Å². The molecule has 0 aliphatic rings. The Bertz CT molecular complexity index is 560. The van der Waals surface area contributed by atoms with Crippen molar-refractivity contribution in [1.29, 1.82) is 0 Å². The predicted octanol–water partition coefficient (Wildman–Crippen LogP) is 4.45. The van der Waals surface area contributed by atoms with Gasteiger partial charge >= 0.3 is 0 Å². The van der Waals surface area contributed by atoms with Crippen molar-refractivity contribution < 1.29 is 0 Å². The van der Waals surface area contributed by atoms with Gasteiger partial charge in [-0.15, -0.1) is 0 Å². The lowest BCUT2D eigenvalue weighted by atomic mass is 10.0. The standard InChI is InChI=1S/C16H18BrClN2/c1-11(12-5-3-2-4-6-12)20-16(10-19)14-8-7-13(17)9-15(14)18/h2-9,11,16,20H,10,19H2,1H3. The van der Waals surface area contributed by atoms with Crippen molar-refractivity contribution in [2.24, 2.45) is 5.73 Å². The molecule has 106 valence electrons. The third-order valence-electron chi connectivity index (χ3n) is 3.32. The molecule has 0 aromatic heterocycles. The van der Waals surface area contributed by atoms with Gasteiger partial charge in [0.05, 0.1) is 0 Å². The van der Waals surface area contributed by atoms with E-state index in [1.54, 1.807) is 0 Å². The Labute approximate surface area is 133 Å². The van der Waals surface area contributed by atoms with Crippen molar-refractivity contribution >= 4 is 27.5 Å². The maximum absolute atomic E-state index is 6.31. The Morgan fingerprint density at radius 2 is 1.90 bits per heavy atom. The molecule has 0 aliphatic heterocycles. The van der Waals surface area contributed by atoms with E-state index in [0.717, 1.165) is 15.1 Å². The molecule has 2 unspecified atom stereocenters. The Balaban J connectivity index is 2.17. The Kier molecular flexibility index (Phi) is 5.61. The van der Waals surface area contributed by atoms with Crippen molar-refractivity contribution in [3.05, 3.63) is 69.2 Å². The van der Waals surface area contributed by atoms with Gasteiger partial charge in [0.25, 0.3) is 0 Å². The fourth-order valence-corrected chi connectivity index (χ4v) is 3.01. The van der Waals surface area contributed by atoms with E-state index < -0.39 is 0 Å². The van der Waals surface area contributed by atoms with Gasteiger partial charge in [-0.1, -0.05) is 63.9 Å². The lowest BCUT2D eigenvalue weighted by Crippen LogP contribution is -2.30. The number of halogens is 2. The van der Waals surface area contributed by atoms with Gasteiger partial charge in [0, 0.05) is 28.1 Å². The summed E-state index contributed by atoms with van der Waals surface area (Å²) in [5, 5.41) is 4.26. The van der Waals surface area contributed by atoms with Crippen LogP contribution in [0.25, 0.3) is 0 Å². The number of benzene rings is 2. The molecule has 0 aliphatic carbocycles. The molecule has 0 fully saturated rings. The lowest BCUT2D eigenvalue weighted by Gasteiger charge is -2.24. The molecule has 0 heterocycles. The van der Waals surface area contributed by atoms with Crippen LogP contribution in [-0.4, -0.2) is 6.54 Å². The van der Waals surface area contributed by atoms with E-state index in [9.17, 15) is 0 Å². The van der Waals surface area contributed by atoms with Crippen molar-refractivity contribution in [2.75, 3.05) is 6.54 Å². The Morgan fingerprint density at radius 3 is 2.50 bits per heavy atom. The predicted molar refractivity (Wildman–Crippen MR) is 88.9 cm³/mol. The number of hydrogen-bond acceptors (Lipinski definition) is 2. The van der Waals surface area contributed by atoms with E-state index in [1.165, 1.54) is 5.56 Å². The zero-order valence-corrected chi connectivity index (χ0v) is 13.7. The summed E-state index contributed by atoms with van der Waals surface area (Å²) in [6.07, 6.45) is 0. The summed E-state index contributed by atoms with van der Waals surface area (Å²) in [5.74, 6) is 0. The van der Waals surface area contributed by atoms with Gasteiger partial charge in [-0.05, 0) is 30.2 Å². The molecule has 2 aromatic rings. The third-order valence-corrected chi connectivity index (χ3v) is 4.14. The summed E-state index contributed by atoms with van der Waals surface area (Å²) in [4.78, 5) is 0. The molecular weight excluding hydrogens is 336 g/mol. The van der Waals surface area contributed by atoms with Crippen molar-refractivity contribution in [2.45, 2.75) is 19.0 Å². The van der Waals surface area contributed by atoms with Crippen LogP contribution in [0.4, 0.5) is 0 Å². The quantitative estimate of drug-likeness (QED) is 0.833. The van der Waals surface area contributed by atoms with E-state index in [4.69, 9.17) is 17.3 Å². The smallest absolute Gasteiger partial charge is 0.0465 e. The summed E-state index contributed by atoms with van der Waals surface area (Å²) in [6, 6.07) is 16.4. The number of rotatable bonds is 5. The third kappa shape index (κ3) is 3.83. The normalized spacial score (nSPS) is 14.0. The summed E-state index contributed by atoms with van der Waals surface area (Å²) >= 11 is 9.73. The highest BCUT2D eigenvalue weighted by molar-refractivity contribution is 9.10. The van der Waals surface area contributed by atoms with Crippen LogP contribution in [0, 0.1) is 0 Å². The minimum atomic E-state index is 0.0332. The molecule has 2 atom stereocenters. The molecule has 2 rings (SSSR count). The van der Waals surface area contributed by atoms with E-state index in [-0.39, 0.29) is 12.1 Å². The molecule has 0 radical (unpaired) electrons. The average molecular weight is 354 g/mol. The van der Waals surface area contributed by atoms with Gasteiger partial charge < -0.3 is 11.1 Å². The fourth-order valence-electron chi connectivity index (χ4n) is 2.21. The molecule has 0 bridgehead atoms. The minimum Gasteiger partial charge on any atom is -0.329 e. The van der Waals surface area contributed by atoms with Gasteiger partial charge in [0.15, 0.2) is 0 Å². The second kappa shape index (κ2) is 7.23. The minimum absolute atomic E-state index is 0.0332. The SMILES string of the molecule is CC(NC(CN)c1ccc(Br)cc1Cl)c1ccccc1. The zero-order chi connectivity index (χ0) is 14.5. The molecule has 0 saturated carbocycles. The van der Waals surface area contributed by atoms with Crippen LogP contribution < -0.4 is 11.1 Å². The molecule has 3 N–H and O–H groups in total. The van der Waals surface area contributed by atoms with Crippen LogP contribution in [-0.2, 0) is 0 Å². The summed E-state index contributed by atoms with van der Waals surface area (Å²) < 4.78 is 0.970. The topological polar surface area (TPSA) is 38.0 Å². The second-order valence-corrected chi connectivity index (χ2v) is 6.08. The van der Waals surface area contributed by atoms with Crippen LogP contribution >= 0.6 is 27.5 Å². The summed E-state index contributed by atoms with van der Waals surface area (Å²) in [5.41, 5.74) is 8.17. The lowest BCUT2D eigenvalue weighted by molar-refractivity contribution is 0.473. The van der Waals surface area contributed by atoms with Crippen LogP contribution in [0.2, 0.25) is 5.02 Å². The van der Waals surface area contributed by atoms with Gasteiger partial charge in [-0.3, -0.25) is 0 Å². The van der Waals surface area contributed by atoms with Crippen LogP contribution in [0.5, 0.6) is 0 Å². The maximum atomic E-state index is 6.31. The van der Waals surface area contributed by atoms with E-state index in [2.05, 4.69) is 40.3 Å². The number of hydrogen-bond donors (Lipinski definition) is 2. The van der Waals surface area contributed by atoms with Gasteiger partial charge in [0.2, 0.25) is 0 Å². The second-order valence-electron chi connectivity index (χ2n) is 4.75. The first kappa shape index (κ1) is 15.5. The van der Waals surface area contributed by atoms with E-state index in [0.29, 0.717) is 6.54 Å². The number of nitrogens with one attached hydrogen (secondary N) is 1. The van der Waals surface area contributed by atoms with Crippen molar-refractivity contribution in [3.8, 4) is 0 Å². The highest BCUT2D eigenvalue weighted by Gasteiger charge is 2.16. The van der Waals surface area contributed by atoms with Gasteiger partial charge in [0.1, 0.15) is 0 Å². The van der Waals surface area contributed by atoms with Crippen molar-refractivity contribution in [1.82, 2.24) is 5.32 Å². The van der Waals surface area contributed by atoms with E-state index >= 15 is 0 Å². The van der Waals surface area contributed by atoms with Crippen LogP contribution in [0.1, 0.15) is 30.1 Å². The molecular formula is C16H18BrClN2. The molecule has 20 heavy (non-hydrogen) atoms. The first-order valence-electron chi connectivity index (χ1n) is 6.58. The molecule has 0 spiro atoms. The highest BCUT2D eigenvalue weighted by Crippen LogP contribution is 2.27. The first-order chi connectivity index (χ1) is 9.61. The highest BCUT2D eigenvalue weighted by atomic mass is 79.9. The molecule has 0 amide bonds. The molecule has 4 heteroatoms. The summed E-state index contributed by atoms with van der Waals surface area (Å²) in [7, 11) is 0. The van der Waals surface area contributed by atoms with Gasteiger partial charge in [-0.25, -0.2) is 0 Å². The number of nitrogens with two attached hydrogens (primary N) is 1. The van der Waals surface area contributed by atoms with E-state index in [1.807, 2.05) is 36.4 Å². The monoisotopic (exact) mass is 352 g/mol. The first-order valence-corrected chi connectivity index (χ1v) is 7.75. The Hall–Kier alpha value is -0.870. The maximum Gasteiger partial charge on any atom is 0.0465 e. The zero-order valence-electron chi connectivity index (χ0n) is 11.3. The summed E-state index contributed by atoms with van der Waals surface area (Å²) in [6.45, 7) is 2.63. The van der Waals surface area contributed by atoms with Crippen LogP contribution in [0.3, 0.4) is 0 Å². The molecule has 2 aromatic carbocycles. The Morgan fingerprint density at radius 1 is 1.20 bits per heavy atom. The van der Waals surface area contributed by atoms with Gasteiger partial charge in [-0.2, -0.15) is 0 Å². The fraction of sp³-hybridized carbons (Fsp3) is 0.250. The molecule has 0 saturated heterocycles.